The fourth-order valence-electron chi connectivity index (χ4n) is 3.12. The molecule has 3 aromatic rings. The number of amides is 3. The lowest BCUT2D eigenvalue weighted by Gasteiger charge is -2.22. The van der Waals surface area contributed by atoms with Gasteiger partial charge >= 0.3 is 6.03 Å². The molecule has 9 heteroatoms. The van der Waals surface area contributed by atoms with E-state index in [4.69, 9.17) is 16.3 Å². The number of ether oxygens (including phenoxy) is 1. The van der Waals surface area contributed by atoms with E-state index in [1.165, 1.54) is 4.90 Å². The van der Waals surface area contributed by atoms with Crippen LogP contribution in [0.5, 0.6) is 11.5 Å². The highest BCUT2D eigenvalue weighted by Gasteiger charge is 2.26. The molecular formula is C22H20Cl2N4O3. The highest BCUT2D eigenvalue weighted by atomic mass is 35.5. The normalized spacial score (nSPS) is 11.7. The number of para-hydroxylation sites is 1. The summed E-state index contributed by atoms with van der Waals surface area (Å²) in [5.41, 5.74) is 7.09. The predicted octanol–water partition coefficient (Wildman–Crippen LogP) is 4.64. The Morgan fingerprint density at radius 3 is 2.65 bits per heavy atom. The minimum atomic E-state index is -0.495. The number of hydrazine groups is 1. The largest absolute Gasteiger partial charge is 0.455 e. The summed E-state index contributed by atoms with van der Waals surface area (Å²) in [6.45, 7) is 0.263. The molecule has 4 rings (SSSR count). The van der Waals surface area contributed by atoms with E-state index in [0.717, 1.165) is 11.3 Å². The molecule has 2 heterocycles. The molecule has 0 fully saturated rings. The van der Waals surface area contributed by atoms with Crippen molar-refractivity contribution in [2.75, 3.05) is 4.90 Å². The van der Waals surface area contributed by atoms with Gasteiger partial charge in [0.25, 0.3) is 0 Å². The number of aromatic nitrogens is 1. The lowest BCUT2D eigenvalue weighted by Crippen LogP contribution is -2.48. The number of nitrogens with one attached hydrogen (secondary N) is 2. The van der Waals surface area contributed by atoms with Crippen LogP contribution in [0.3, 0.4) is 0 Å². The average Bonchev–Trinajstić information content (AvgIpc) is 2.93. The van der Waals surface area contributed by atoms with Crippen LogP contribution in [-0.2, 0) is 17.8 Å². The Morgan fingerprint density at radius 2 is 1.84 bits per heavy atom. The first kappa shape index (κ1) is 22.4. The Balaban J connectivity index is 0.00000272. The van der Waals surface area contributed by atoms with Gasteiger partial charge in [-0.3, -0.25) is 20.1 Å². The number of benzene rings is 2. The topological polar surface area (TPSA) is 83.6 Å². The lowest BCUT2D eigenvalue weighted by atomic mass is 10.2. The minimum absolute atomic E-state index is 0. The number of halogens is 2. The van der Waals surface area contributed by atoms with Crippen molar-refractivity contribution in [3.05, 3.63) is 83.1 Å². The van der Waals surface area contributed by atoms with Crippen LogP contribution in [0.25, 0.3) is 0 Å². The molecule has 7 nitrogen and oxygen atoms in total. The van der Waals surface area contributed by atoms with Gasteiger partial charge in [0.1, 0.15) is 5.75 Å². The Kier molecular flexibility index (Phi) is 7.33. The number of nitrogens with zero attached hydrogens (tertiary/aromatic N) is 2. The van der Waals surface area contributed by atoms with Crippen LogP contribution in [0.1, 0.15) is 17.7 Å². The van der Waals surface area contributed by atoms with Gasteiger partial charge in [0.2, 0.25) is 5.91 Å². The van der Waals surface area contributed by atoms with Gasteiger partial charge in [-0.05, 0) is 42.8 Å². The molecule has 3 amide bonds. The SMILES string of the molecule is Cl.O=C(CCc1ccccn1)NNC(=O)N1Cc2ccccc2Oc2ccc(Cl)cc21. The summed E-state index contributed by atoms with van der Waals surface area (Å²) >= 11 is 6.15. The summed E-state index contributed by atoms with van der Waals surface area (Å²) in [6.07, 6.45) is 2.36. The molecule has 0 atom stereocenters. The van der Waals surface area contributed by atoms with Crippen molar-refractivity contribution in [2.24, 2.45) is 0 Å². The van der Waals surface area contributed by atoms with Crippen molar-refractivity contribution >= 4 is 41.6 Å². The third-order valence-corrected chi connectivity index (χ3v) is 4.86. The van der Waals surface area contributed by atoms with Crippen molar-refractivity contribution in [2.45, 2.75) is 19.4 Å². The van der Waals surface area contributed by atoms with Crippen molar-refractivity contribution in [3.63, 3.8) is 0 Å². The first-order valence-corrected chi connectivity index (χ1v) is 9.79. The summed E-state index contributed by atoms with van der Waals surface area (Å²) in [5.74, 6) is 0.851. The molecule has 0 unspecified atom stereocenters. The maximum atomic E-state index is 12.9. The second-order valence-corrected chi connectivity index (χ2v) is 7.14. The molecule has 2 N–H and O–H groups in total. The molecule has 1 aliphatic heterocycles. The number of anilines is 1. The number of hydrogen-bond donors (Lipinski definition) is 2. The van der Waals surface area contributed by atoms with Gasteiger partial charge in [-0.15, -0.1) is 12.4 Å². The monoisotopic (exact) mass is 458 g/mol. The van der Waals surface area contributed by atoms with E-state index in [-0.39, 0.29) is 31.3 Å². The van der Waals surface area contributed by atoms with Crippen LogP contribution in [0.2, 0.25) is 5.02 Å². The summed E-state index contributed by atoms with van der Waals surface area (Å²) in [5, 5.41) is 0.473. The first-order valence-electron chi connectivity index (χ1n) is 9.42. The van der Waals surface area contributed by atoms with Crippen LogP contribution in [0.15, 0.2) is 66.9 Å². The molecule has 0 aliphatic carbocycles. The molecule has 2 aromatic carbocycles. The van der Waals surface area contributed by atoms with E-state index in [9.17, 15) is 9.59 Å². The fraction of sp³-hybridized carbons (Fsp3) is 0.136. The van der Waals surface area contributed by atoms with E-state index in [1.54, 1.807) is 24.4 Å². The third kappa shape index (κ3) is 5.45. The molecule has 0 bridgehead atoms. The number of hydrogen-bond acceptors (Lipinski definition) is 4. The highest BCUT2D eigenvalue weighted by molar-refractivity contribution is 6.31. The quantitative estimate of drug-likeness (QED) is 0.559. The summed E-state index contributed by atoms with van der Waals surface area (Å²) < 4.78 is 5.98. The Labute approximate surface area is 190 Å². The maximum absolute atomic E-state index is 12.9. The predicted molar refractivity (Wildman–Crippen MR) is 121 cm³/mol. The number of carbonyl (C=O) groups excluding carboxylic acids is 2. The van der Waals surface area contributed by atoms with Gasteiger partial charge in [0, 0.05) is 28.9 Å². The standard InChI is InChI=1S/C22H19ClN4O3.ClH/c23-16-8-10-20-18(13-16)27(14-15-5-1-2-7-19(15)30-20)22(29)26-25-21(28)11-9-17-6-3-4-12-24-17;/h1-8,10,12-13H,9,11,14H2,(H,25,28)(H,26,29);1H. The maximum Gasteiger partial charge on any atom is 0.341 e. The van der Waals surface area contributed by atoms with Gasteiger partial charge in [0.15, 0.2) is 5.75 Å². The Hall–Kier alpha value is -3.29. The van der Waals surface area contributed by atoms with E-state index in [0.29, 0.717) is 28.6 Å². The molecule has 31 heavy (non-hydrogen) atoms. The second kappa shape index (κ2) is 10.1. The number of carbonyl (C=O) groups is 2. The van der Waals surface area contributed by atoms with Crippen LogP contribution in [-0.4, -0.2) is 16.9 Å². The highest BCUT2D eigenvalue weighted by Crippen LogP contribution is 2.40. The van der Waals surface area contributed by atoms with Crippen LogP contribution >= 0.6 is 24.0 Å². The third-order valence-electron chi connectivity index (χ3n) is 4.62. The van der Waals surface area contributed by atoms with E-state index < -0.39 is 6.03 Å². The average molecular weight is 459 g/mol. The van der Waals surface area contributed by atoms with E-state index >= 15 is 0 Å². The number of urea groups is 1. The Bertz CT molecular complexity index is 1080. The fourth-order valence-corrected chi connectivity index (χ4v) is 3.28. The van der Waals surface area contributed by atoms with Crippen LogP contribution < -0.4 is 20.5 Å². The molecule has 0 spiro atoms. The molecule has 0 saturated heterocycles. The van der Waals surface area contributed by atoms with Crippen LogP contribution in [0, 0.1) is 0 Å². The number of pyridine rings is 1. The van der Waals surface area contributed by atoms with Crippen molar-refractivity contribution in [1.82, 2.24) is 15.8 Å². The number of rotatable bonds is 3. The summed E-state index contributed by atoms with van der Waals surface area (Å²) in [4.78, 5) is 30.7. The van der Waals surface area contributed by atoms with Crippen molar-refractivity contribution < 1.29 is 14.3 Å². The summed E-state index contributed by atoms with van der Waals surface area (Å²) in [6, 6.07) is 17.6. The lowest BCUT2D eigenvalue weighted by molar-refractivity contribution is -0.121. The number of aryl methyl sites for hydroxylation is 1. The van der Waals surface area contributed by atoms with Crippen molar-refractivity contribution in [1.29, 1.82) is 0 Å². The first-order chi connectivity index (χ1) is 14.6. The van der Waals surface area contributed by atoms with Gasteiger partial charge in [-0.2, -0.15) is 0 Å². The molecular weight excluding hydrogens is 439 g/mol. The van der Waals surface area contributed by atoms with Crippen molar-refractivity contribution in [3.8, 4) is 11.5 Å². The molecule has 160 valence electrons. The zero-order valence-corrected chi connectivity index (χ0v) is 17.9. The minimum Gasteiger partial charge on any atom is -0.455 e. The summed E-state index contributed by atoms with van der Waals surface area (Å²) in [7, 11) is 0. The smallest absolute Gasteiger partial charge is 0.341 e. The van der Waals surface area contributed by atoms with Crippen LogP contribution in [0.4, 0.5) is 10.5 Å². The molecule has 1 aromatic heterocycles. The van der Waals surface area contributed by atoms with Gasteiger partial charge in [-0.25, -0.2) is 10.2 Å². The Morgan fingerprint density at radius 1 is 1.03 bits per heavy atom. The zero-order chi connectivity index (χ0) is 20.9. The second-order valence-electron chi connectivity index (χ2n) is 6.71. The molecule has 0 radical (unpaired) electrons. The van der Waals surface area contributed by atoms with E-state index in [2.05, 4.69) is 15.8 Å². The van der Waals surface area contributed by atoms with Gasteiger partial charge < -0.3 is 4.74 Å². The van der Waals surface area contributed by atoms with Gasteiger partial charge in [0.05, 0.1) is 12.2 Å². The van der Waals surface area contributed by atoms with Gasteiger partial charge in [-0.1, -0.05) is 35.9 Å². The van der Waals surface area contributed by atoms with E-state index in [1.807, 2.05) is 42.5 Å². The number of fused-ring (bicyclic) bond motifs is 2. The zero-order valence-electron chi connectivity index (χ0n) is 16.4. The molecule has 1 aliphatic rings. The molecule has 0 saturated carbocycles.